The van der Waals surface area contributed by atoms with Gasteiger partial charge in [0.15, 0.2) is 0 Å². The molecule has 0 unspecified atom stereocenters. The van der Waals surface area contributed by atoms with Crippen molar-refractivity contribution in [1.29, 1.82) is 0 Å². The third-order valence-corrected chi connectivity index (χ3v) is 6.68. The average molecular weight is 562 g/mol. The van der Waals surface area contributed by atoms with Gasteiger partial charge < -0.3 is 28.0 Å². The highest BCUT2D eigenvalue weighted by Gasteiger charge is 2.34. The van der Waals surface area contributed by atoms with Crippen LogP contribution in [0.1, 0.15) is 5.56 Å². The number of benzene rings is 5. The molecule has 0 heterocycles. The van der Waals surface area contributed by atoms with Gasteiger partial charge in [-0.1, -0.05) is 30.3 Å². The van der Waals surface area contributed by atoms with Gasteiger partial charge in [-0.3, -0.25) is 0 Å². The Hall–Kier alpha value is -5.25. The molecule has 5 aromatic carbocycles. The molecule has 0 aliphatic carbocycles. The smallest absolute Gasteiger partial charge is 0.417 e. The number of anilines is 4. The quantitative estimate of drug-likeness (QED) is 0.115. The number of phenolic OH excluding ortho intramolecular Hbond substituents is 1. The molecule has 10 heteroatoms. The molecule has 0 spiro atoms. The van der Waals surface area contributed by atoms with Crippen molar-refractivity contribution < 1.29 is 27.1 Å². The summed E-state index contributed by atoms with van der Waals surface area (Å²) in [4.78, 5) is 0. The van der Waals surface area contributed by atoms with Gasteiger partial charge in [0.1, 0.15) is 17.4 Å². The number of hydrogen-bond donors (Lipinski definition) is 5. The highest BCUT2D eigenvalue weighted by atomic mass is 19.4. The van der Waals surface area contributed by atoms with Crippen LogP contribution in [-0.2, 0) is 6.18 Å². The van der Waals surface area contributed by atoms with Gasteiger partial charge in [0, 0.05) is 56.6 Å². The zero-order valence-electron chi connectivity index (χ0n) is 21.2. The van der Waals surface area contributed by atoms with Crippen LogP contribution >= 0.6 is 0 Å². The van der Waals surface area contributed by atoms with Crippen LogP contribution in [0.25, 0.3) is 44.5 Å². The molecular weight excluding hydrogens is 539 g/mol. The van der Waals surface area contributed by atoms with E-state index in [1.807, 2.05) is 0 Å². The van der Waals surface area contributed by atoms with Gasteiger partial charge in [-0.15, -0.1) is 0 Å². The number of para-hydroxylation sites is 1. The summed E-state index contributed by atoms with van der Waals surface area (Å²) >= 11 is 0. The van der Waals surface area contributed by atoms with Crippen LogP contribution < -0.4 is 22.9 Å². The summed E-state index contributed by atoms with van der Waals surface area (Å²) in [6.45, 7) is 0. The number of nitrogens with two attached hydrogens (primary N) is 4. The summed E-state index contributed by atoms with van der Waals surface area (Å²) in [5.41, 5.74) is 23.3. The van der Waals surface area contributed by atoms with Gasteiger partial charge in [0.25, 0.3) is 0 Å². The van der Waals surface area contributed by atoms with Crippen molar-refractivity contribution in [3.63, 3.8) is 0 Å². The maximum Gasteiger partial charge on any atom is 0.417 e. The minimum Gasteiger partial charge on any atom is -0.507 e. The average Bonchev–Trinajstić information content (AvgIpc) is 2.89. The first-order chi connectivity index (χ1) is 19.3. The van der Waals surface area contributed by atoms with Crippen LogP contribution in [0.4, 0.5) is 44.7 Å². The first-order valence-electron chi connectivity index (χ1n) is 12.1. The minimum absolute atomic E-state index is 0.0651. The Morgan fingerprint density at radius 2 is 1.29 bits per heavy atom. The Morgan fingerprint density at radius 1 is 0.610 bits per heavy atom. The van der Waals surface area contributed by atoms with Gasteiger partial charge in [0.2, 0.25) is 0 Å². The number of alkyl halides is 3. The van der Waals surface area contributed by atoms with Crippen LogP contribution in [0.5, 0.6) is 5.75 Å². The normalized spacial score (nSPS) is 11.5. The maximum absolute atomic E-state index is 15.5. The maximum atomic E-state index is 15.5. The standard InChI is InChI=1S/C31H22F5N4O/c32-24-13-21(20-12-17(37)6-8-23(20)31(34,35)36)27(39)14-22(24)30-25(33)9-16(11-28(30)40)18-7-5-15(10-26(18)38)19-3-1-2-4-29(19)41/h1-5,7-14,41H,37-40H2. The van der Waals surface area contributed by atoms with E-state index in [0.717, 1.165) is 24.3 Å². The molecule has 5 aromatic rings. The van der Waals surface area contributed by atoms with Crippen LogP contribution in [0.3, 0.4) is 0 Å². The number of aromatic hydroxyl groups is 1. The first-order valence-corrected chi connectivity index (χ1v) is 12.1. The molecular formula is C31H22F5N4O. The molecule has 0 aliphatic rings. The summed E-state index contributed by atoms with van der Waals surface area (Å²) in [5, 5.41) is 10.1. The van der Waals surface area contributed by atoms with Crippen molar-refractivity contribution in [1.82, 2.24) is 0 Å². The van der Waals surface area contributed by atoms with E-state index in [4.69, 9.17) is 22.9 Å². The lowest BCUT2D eigenvalue weighted by Crippen LogP contribution is -2.09. The van der Waals surface area contributed by atoms with E-state index >= 15 is 8.78 Å². The second-order valence-corrected chi connectivity index (χ2v) is 9.37. The molecule has 9 N–H and O–H groups in total. The van der Waals surface area contributed by atoms with Crippen molar-refractivity contribution in [3.8, 4) is 50.3 Å². The van der Waals surface area contributed by atoms with Gasteiger partial charge in [-0.05, 0) is 65.2 Å². The van der Waals surface area contributed by atoms with Gasteiger partial charge in [0.05, 0.1) is 5.56 Å². The van der Waals surface area contributed by atoms with Crippen molar-refractivity contribution in [2.75, 3.05) is 22.9 Å². The van der Waals surface area contributed by atoms with Crippen molar-refractivity contribution in [2.45, 2.75) is 6.18 Å². The van der Waals surface area contributed by atoms with Crippen LogP contribution in [-0.4, -0.2) is 5.11 Å². The fraction of sp³-hybridized carbons (Fsp3) is 0.0323. The number of rotatable bonds is 4. The number of phenols is 1. The zero-order valence-corrected chi connectivity index (χ0v) is 21.2. The lowest BCUT2D eigenvalue weighted by Gasteiger charge is -2.18. The fourth-order valence-corrected chi connectivity index (χ4v) is 4.76. The third kappa shape index (κ3) is 5.07. The van der Waals surface area contributed by atoms with E-state index in [9.17, 15) is 18.3 Å². The molecule has 0 fully saturated rings. The van der Waals surface area contributed by atoms with Crippen molar-refractivity contribution in [3.05, 3.63) is 102 Å². The predicted molar refractivity (Wildman–Crippen MR) is 151 cm³/mol. The van der Waals surface area contributed by atoms with Gasteiger partial charge in [-0.25, -0.2) is 8.78 Å². The zero-order chi connectivity index (χ0) is 29.6. The van der Waals surface area contributed by atoms with E-state index in [-0.39, 0.29) is 45.2 Å². The molecule has 0 aromatic heterocycles. The number of nitrogen functional groups attached to an aromatic ring is 4. The summed E-state index contributed by atoms with van der Waals surface area (Å²) in [6, 6.07) is 19.9. The van der Waals surface area contributed by atoms with Crippen LogP contribution in [0.15, 0.2) is 78.9 Å². The molecule has 1 radical (unpaired) electrons. The summed E-state index contributed by atoms with van der Waals surface area (Å²) in [7, 11) is 0. The molecule has 41 heavy (non-hydrogen) atoms. The molecule has 0 bridgehead atoms. The molecule has 5 nitrogen and oxygen atoms in total. The lowest BCUT2D eigenvalue weighted by atomic mass is 9.92. The Morgan fingerprint density at radius 3 is 1.95 bits per heavy atom. The molecule has 0 saturated carbocycles. The Bertz CT molecular complexity index is 1800. The lowest BCUT2D eigenvalue weighted by molar-refractivity contribution is -0.137. The number of hydrogen-bond acceptors (Lipinski definition) is 5. The monoisotopic (exact) mass is 561 g/mol. The van der Waals surface area contributed by atoms with Crippen LogP contribution in [0.2, 0.25) is 0 Å². The van der Waals surface area contributed by atoms with Crippen molar-refractivity contribution in [2.24, 2.45) is 0 Å². The van der Waals surface area contributed by atoms with Crippen LogP contribution in [0, 0.1) is 17.7 Å². The largest absolute Gasteiger partial charge is 0.507 e. The highest BCUT2D eigenvalue weighted by molar-refractivity contribution is 5.90. The van der Waals surface area contributed by atoms with E-state index < -0.39 is 28.9 Å². The van der Waals surface area contributed by atoms with Gasteiger partial charge in [-0.2, -0.15) is 13.2 Å². The Kier molecular flexibility index (Phi) is 6.70. The third-order valence-electron chi connectivity index (χ3n) is 6.68. The summed E-state index contributed by atoms with van der Waals surface area (Å²) in [5.74, 6) is -1.88. The summed E-state index contributed by atoms with van der Waals surface area (Å²) in [6.07, 6.45) is -4.78. The predicted octanol–water partition coefficient (Wildman–Crippen LogP) is 7.49. The molecule has 0 atom stereocenters. The second kappa shape index (κ2) is 10.1. The molecule has 207 valence electrons. The fourth-order valence-electron chi connectivity index (χ4n) is 4.76. The number of halogens is 5. The minimum atomic E-state index is -4.78. The van der Waals surface area contributed by atoms with E-state index in [1.165, 1.54) is 12.1 Å². The van der Waals surface area contributed by atoms with E-state index in [1.54, 1.807) is 36.4 Å². The van der Waals surface area contributed by atoms with Crippen molar-refractivity contribution >= 4 is 22.7 Å². The molecule has 0 amide bonds. The first kappa shape index (κ1) is 27.3. The highest BCUT2D eigenvalue weighted by Crippen LogP contribution is 2.44. The Balaban J connectivity index is 1.56. The second-order valence-electron chi connectivity index (χ2n) is 9.37. The van der Waals surface area contributed by atoms with E-state index in [2.05, 4.69) is 6.07 Å². The molecule has 0 saturated heterocycles. The van der Waals surface area contributed by atoms with Gasteiger partial charge >= 0.3 is 6.18 Å². The SMILES string of the molecule is Nc1[c]cc(C(F)(F)F)c(-c2cc(F)c(-c3c(N)cc(-c4ccc(-c5ccccc5O)cc4N)cc3F)cc2N)c1. The topological polar surface area (TPSA) is 124 Å². The Labute approximate surface area is 231 Å². The molecule has 0 aliphatic heterocycles. The molecule has 5 rings (SSSR count). The summed E-state index contributed by atoms with van der Waals surface area (Å²) < 4.78 is 71.7. The van der Waals surface area contributed by atoms with E-state index in [0.29, 0.717) is 28.3 Å².